The molecule has 4 heteroatoms. The number of amides is 1. The monoisotopic (exact) mass is 323 g/mol. The fourth-order valence-corrected chi connectivity index (χ4v) is 4.08. The normalized spacial score (nSPS) is 21.8. The van der Waals surface area contributed by atoms with Crippen molar-refractivity contribution in [3.05, 3.63) is 53.1 Å². The second-order valence-corrected chi connectivity index (χ2v) is 6.45. The van der Waals surface area contributed by atoms with Gasteiger partial charge in [0.05, 0.1) is 0 Å². The number of fused-ring (bicyclic) bond motifs is 2. The summed E-state index contributed by atoms with van der Waals surface area (Å²) in [4.78, 5) is 15.1. The predicted octanol–water partition coefficient (Wildman–Crippen LogP) is 3.44. The van der Waals surface area contributed by atoms with Crippen molar-refractivity contribution in [3.63, 3.8) is 0 Å². The third-order valence-electron chi connectivity index (χ3n) is 5.27. The van der Waals surface area contributed by atoms with Crippen LogP contribution in [0.3, 0.4) is 0 Å². The molecule has 1 amide bonds. The van der Waals surface area contributed by atoms with Gasteiger partial charge < -0.3 is 14.4 Å². The second-order valence-electron chi connectivity index (χ2n) is 6.45. The Kier molecular flexibility index (Phi) is 3.30. The summed E-state index contributed by atoms with van der Waals surface area (Å²) >= 11 is 0. The molecule has 2 aliphatic heterocycles. The number of carbonyl (C=O) groups is 1. The summed E-state index contributed by atoms with van der Waals surface area (Å²) in [6.45, 7) is 5.22. The summed E-state index contributed by atoms with van der Waals surface area (Å²) < 4.78 is 11.5. The summed E-state index contributed by atoms with van der Waals surface area (Å²) in [6.07, 6.45) is 0.702. The summed E-state index contributed by atoms with van der Waals surface area (Å²) in [5.41, 5.74) is 3.46. The molecule has 0 unspecified atom stereocenters. The van der Waals surface area contributed by atoms with Gasteiger partial charge in [-0.05, 0) is 48.2 Å². The molecular weight excluding hydrogens is 302 g/mol. The van der Waals surface area contributed by atoms with Crippen molar-refractivity contribution < 1.29 is 14.3 Å². The molecule has 0 bridgehead atoms. The number of carbonyl (C=O) groups excluding carboxylic acids is 1. The molecule has 0 aromatic heterocycles. The third kappa shape index (κ3) is 1.83. The van der Waals surface area contributed by atoms with E-state index in [2.05, 4.69) is 13.0 Å². The molecule has 2 aromatic rings. The van der Waals surface area contributed by atoms with E-state index in [0.717, 1.165) is 33.9 Å². The molecule has 0 aliphatic carbocycles. The van der Waals surface area contributed by atoms with Gasteiger partial charge in [-0.25, -0.2) is 0 Å². The number of anilines is 1. The molecule has 0 fully saturated rings. The van der Waals surface area contributed by atoms with E-state index in [1.54, 1.807) is 4.90 Å². The molecule has 2 aromatic carbocycles. The Morgan fingerprint density at radius 2 is 1.75 bits per heavy atom. The van der Waals surface area contributed by atoms with E-state index in [-0.39, 0.29) is 5.91 Å². The van der Waals surface area contributed by atoms with Crippen molar-refractivity contribution in [2.45, 2.75) is 25.7 Å². The first kappa shape index (κ1) is 15.1. The Labute approximate surface area is 142 Å². The van der Waals surface area contributed by atoms with Gasteiger partial charge in [0.1, 0.15) is 18.6 Å². The van der Waals surface area contributed by atoms with Crippen LogP contribution in [0, 0.1) is 6.92 Å². The average molecular weight is 323 g/mol. The second kappa shape index (κ2) is 5.26. The number of likely N-dealkylation sites (N-methyl/N-ethyl adjacent to an activating group) is 1. The summed E-state index contributed by atoms with van der Waals surface area (Å²) in [6, 6.07) is 12.1. The van der Waals surface area contributed by atoms with Gasteiger partial charge in [-0.1, -0.05) is 25.1 Å². The highest BCUT2D eigenvalue weighted by atomic mass is 16.6. The van der Waals surface area contributed by atoms with Crippen molar-refractivity contribution in [2.24, 2.45) is 0 Å². The molecule has 2 aliphatic rings. The van der Waals surface area contributed by atoms with Crippen LogP contribution in [0.25, 0.3) is 0 Å². The van der Waals surface area contributed by atoms with Crippen LogP contribution in [0.4, 0.5) is 5.69 Å². The number of nitrogens with zero attached hydrogens (tertiary/aromatic N) is 1. The lowest BCUT2D eigenvalue weighted by Crippen LogP contribution is -2.39. The maximum Gasteiger partial charge on any atom is 0.241 e. The van der Waals surface area contributed by atoms with Gasteiger partial charge in [-0.15, -0.1) is 0 Å². The largest absolute Gasteiger partial charge is 0.486 e. The standard InChI is InChI=1S/C20H21NO3/c1-4-20(14-7-5-6-8-16(14)21(3)19(20)22)15-12-18-17(11-13(15)2)23-9-10-24-18/h5-8,11-12H,4,9-10H2,1-3H3/t20-/m0/s1. The van der Waals surface area contributed by atoms with Crippen molar-refractivity contribution in [2.75, 3.05) is 25.2 Å². The first-order chi connectivity index (χ1) is 11.6. The lowest BCUT2D eigenvalue weighted by molar-refractivity contribution is -0.121. The zero-order valence-electron chi connectivity index (χ0n) is 14.3. The number of benzene rings is 2. The highest BCUT2D eigenvalue weighted by molar-refractivity contribution is 6.10. The topological polar surface area (TPSA) is 38.8 Å². The summed E-state index contributed by atoms with van der Waals surface area (Å²) in [5.74, 6) is 1.61. The molecule has 0 radical (unpaired) electrons. The molecule has 124 valence electrons. The van der Waals surface area contributed by atoms with Crippen molar-refractivity contribution >= 4 is 11.6 Å². The Balaban J connectivity index is 1.98. The van der Waals surface area contributed by atoms with E-state index in [4.69, 9.17) is 9.47 Å². The molecule has 4 rings (SSSR count). The van der Waals surface area contributed by atoms with Crippen molar-refractivity contribution in [1.29, 1.82) is 0 Å². The fraction of sp³-hybridized carbons (Fsp3) is 0.350. The average Bonchev–Trinajstić information content (AvgIpc) is 2.83. The maximum atomic E-state index is 13.3. The number of rotatable bonds is 2. The van der Waals surface area contributed by atoms with Crippen LogP contribution in [0.1, 0.15) is 30.0 Å². The van der Waals surface area contributed by atoms with Gasteiger partial charge in [0.15, 0.2) is 11.5 Å². The Hall–Kier alpha value is -2.49. The van der Waals surface area contributed by atoms with E-state index in [9.17, 15) is 4.79 Å². The van der Waals surface area contributed by atoms with E-state index in [1.165, 1.54) is 0 Å². The number of ether oxygens (including phenoxy) is 2. The highest BCUT2D eigenvalue weighted by Gasteiger charge is 2.50. The minimum Gasteiger partial charge on any atom is -0.486 e. The first-order valence-electron chi connectivity index (χ1n) is 8.38. The number of hydrogen-bond acceptors (Lipinski definition) is 3. The molecule has 0 spiro atoms. The fourth-order valence-electron chi connectivity index (χ4n) is 4.08. The number of aryl methyl sites for hydroxylation is 1. The molecule has 2 heterocycles. The van der Waals surface area contributed by atoms with Gasteiger partial charge in [-0.3, -0.25) is 4.79 Å². The number of hydrogen-bond donors (Lipinski definition) is 0. The molecule has 0 saturated carbocycles. The lowest BCUT2D eigenvalue weighted by Gasteiger charge is -2.31. The van der Waals surface area contributed by atoms with Gasteiger partial charge in [-0.2, -0.15) is 0 Å². The quantitative estimate of drug-likeness (QED) is 0.850. The Morgan fingerprint density at radius 3 is 2.46 bits per heavy atom. The van der Waals surface area contributed by atoms with E-state index < -0.39 is 5.41 Å². The zero-order valence-corrected chi connectivity index (χ0v) is 14.3. The molecule has 0 N–H and O–H groups in total. The highest BCUT2D eigenvalue weighted by Crippen LogP contribution is 2.50. The predicted molar refractivity (Wildman–Crippen MR) is 93.1 cm³/mol. The van der Waals surface area contributed by atoms with E-state index >= 15 is 0 Å². The van der Waals surface area contributed by atoms with Crippen LogP contribution in [0.15, 0.2) is 36.4 Å². The molecule has 24 heavy (non-hydrogen) atoms. The summed E-state index contributed by atoms with van der Waals surface area (Å²) in [5, 5.41) is 0. The lowest BCUT2D eigenvalue weighted by atomic mass is 9.71. The minimum atomic E-state index is -0.661. The first-order valence-corrected chi connectivity index (χ1v) is 8.38. The molecule has 0 saturated heterocycles. The van der Waals surface area contributed by atoms with Crippen LogP contribution < -0.4 is 14.4 Å². The van der Waals surface area contributed by atoms with Crippen LogP contribution in [-0.2, 0) is 10.2 Å². The van der Waals surface area contributed by atoms with E-state index in [0.29, 0.717) is 19.6 Å². The van der Waals surface area contributed by atoms with Crippen LogP contribution in [-0.4, -0.2) is 26.2 Å². The minimum absolute atomic E-state index is 0.117. The van der Waals surface area contributed by atoms with Gasteiger partial charge in [0.2, 0.25) is 5.91 Å². The summed E-state index contributed by atoms with van der Waals surface area (Å²) in [7, 11) is 1.85. The van der Waals surface area contributed by atoms with Gasteiger partial charge >= 0.3 is 0 Å². The Morgan fingerprint density at radius 1 is 1.08 bits per heavy atom. The maximum absolute atomic E-state index is 13.3. The molecular formula is C20H21NO3. The van der Waals surface area contributed by atoms with Crippen molar-refractivity contribution in [1.82, 2.24) is 0 Å². The van der Waals surface area contributed by atoms with Crippen LogP contribution >= 0.6 is 0 Å². The number of para-hydroxylation sites is 1. The van der Waals surface area contributed by atoms with Gasteiger partial charge in [0, 0.05) is 12.7 Å². The zero-order chi connectivity index (χ0) is 16.9. The van der Waals surface area contributed by atoms with Crippen molar-refractivity contribution in [3.8, 4) is 11.5 Å². The smallest absolute Gasteiger partial charge is 0.241 e. The van der Waals surface area contributed by atoms with Crippen LogP contribution in [0.5, 0.6) is 11.5 Å². The van der Waals surface area contributed by atoms with E-state index in [1.807, 2.05) is 44.3 Å². The SMILES string of the molecule is CC[C@]1(c2cc3c(cc2C)OCCO3)C(=O)N(C)c2ccccc21. The third-order valence-corrected chi connectivity index (χ3v) is 5.27. The molecule has 1 atom stereocenters. The van der Waals surface area contributed by atoms with Gasteiger partial charge in [0.25, 0.3) is 0 Å². The van der Waals surface area contributed by atoms with Crippen LogP contribution in [0.2, 0.25) is 0 Å². The Bertz CT molecular complexity index is 830. The molecule has 4 nitrogen and oxygen atoms in total.